The number of rotatable bonds is 3. The van der Waals surface area contributed by atoms with Gasteiger partial charge in [0.1, 0.15) is 12.4 Å². The minimum Gasteiger partial charge on any atom is -0.458 e. The van der Waals surface area contributed by atoms with Gasteiger partial charge in [0.2, 0.25) is 0 Å². The minimum atomic E-state index is -0.386. The number of hydrogen-bond acceptors (Lipinski definition) is 4. The SMILES string of the molecule is CC(=O)OCC(=O)[C@H]1[C@H](C)CC2C3C[C@H](C)C4CC(=O)CC[C@@]4(C)C3=CC[C@@]21C. The molecule has 4 heteroatoms. The van der Waals surface area contributed by atoms with Crippen molar-refractivity contribution in [2.45, 2.75) is 73.1 Å². The number of hydrogen-bond donors (Lipinski definition) is 0. The van der Waals surface area contributed by atoms with Gasteiger partial charge in [0.25, 0.3) is 0 Å². The lowest BCUT2D eigenvalue weighted by atomic mass is 9.46. The van der Waals surface area contributed by atoms with Gasteiger partial charge in [-0.15, -0.1) is 0 Å². The lowest BCUT2D eigenvalue weighted by Gasteiger charge is -2.58. The molecule has 4 aliphatic rings. The van der Waals surface area contributed by atoms with Gasteiger partial charge in [-0.1, -0.05) is 39.3 Å². The number of allylic oxidation sites excluding steroid dienone is 2. The van der Waals surface area contributed by atoms with Gasteiger partial charge >= 0.3 is 5.97 Å². The third-order valence-corrected chi connectivity index (χ3v) is 9.33. The molecule has 160 valence electrons. The molecule has 0 heterocycles. The second kappa shape index (κ2) is 7.06. The molecular weight excluding hydrogens is 364 g/mol. The third-order valence-electron chi connectivity index (χ3n) is 9.33. The Hall–Kier alpha value is -1.45. The van der Waals surface area contributed by atoms with Crippen LogP contribution in [0.3, 0.4) is 0 Å². The summed E-state index contributed by atoms with van der Waals surface area (Å²) in [6.45, 7) is 10.5. The van der Waals surface area contributed by atoms with Crippen LogP contribution in [0.25, 0.3) is 0 Å². The minimum absolute atomic E-state index is 0.0431. The summed E-state index contributed by atoms with van der Waals surface area (Å²) in [6.07, 6.45) is 8.03. The van der Waals surface area contributed by atoms with Crippen LogP contribution < -0.4 is 0 Å². The van der Waals surface area contributed by atoms with Crippen molar-refractivity contribution < 1.29 is 19.1 Å². The Morgan fingerprint density at radius 1 is 1.14 bits per heavy atom. The van der Waals surface area contributed by atoms with Crippen LogP contribution >= 0.6 is 0 Å². The van der Waals surface area contributed by atoms with Crippen LogP contribution in [0.1, 0.15) is 73.1 Å². The quantitative estimate of drug-likeness (QED) is 0.506. The number of ether oxygens (including phenoxy) is 1. The number of Topliss-reactive ketones (excluding diaryl/α,β-unsaturated/α-hetero) is 2. The molecule has 3 saturated carbocycles. The van der Waals surface area contributed by atoms with Crippen molar-refractivity contribution in [3.05, 3.63) is 11.6 Å². The number of ketones is 2. The number of carbonyl (C=O) groups excluding carboxylic acids is 3. The molecule has 0 bridgehead atoms. The lowest BCUT2D eigenvalue weighted by Crippen LogP contribution is -2.51. The topological polar surface area (TPSA) is 60.4 Å². The second-order valence-corrected chi connectivity index (χ2v) is 11.0. The molecule has 8 atom stereocenters. The average molecular weight is 401 g/mol. The lowest BCUT2D eigenvalue weighted by molar-refractivity contribution is -0.148. The molecule has 29 heavy (non-hydrogen) atoms. The van der Waals surface area contributed by atoms with Gasteiger partial charge in [-0.2, -0.15) is 0 Å². The Morgan fingerprint density at radius 2 is 1.86 bits per heavy atom. The molecule has 3 fully saturated rings. The molecule has 4 aliphatic carbocycles. The van der Waals surface area contributed by atoms with Crippen LogP contribution in [0.15, 0.2) is 11.6 Å². The maximum atomic E-state index is 13.0. The fourth-order valence-electron chi connectivity index (χ4n) is 8.09. The van der Waals surface area contributed by atoms with Crippen LogP contribution in [0.2, 0.25) is 0 Å². The van der Waals surface area contributed by atoms with Crippen LogP contribution in [0.5, 0.6) is 0 Å². The van der Waals surface area contributed by atoms with Crippen LogP contribution in [-0.2, 0) is 19.1 Å². The van der Waals surface area contributed by atoms with Gasteiger partial charge in [-0.05, 0) is 66.1 Å². The van der Waals surface area contributed by atoms with Crippen LogP contribution in [-0.4, -0.2) is 24.1 Å². The average Bonchev–Trinajstić information content (AvgIpc) is 2.92. The van der Waals surface area contributed by atoms with Gasteiger partial charge in [0.15, 0.2) is 5.78 Å². The maximum Gasteiger partial charge on any atom is 0.303 e. The summed E-state index contributed by atoms with van der Waals surface area (Å²) >= 11 is 0. The Balaban J connectivity index is 1.65. The molecular formula is C25H36O4. The molecule has 0 aliphatic heterocycles. The van der Waals surface area contributed by atoms with E-state index in [1.165, 1.54) is 6.92 Å². The molecule has 0 radical (unpaired) electrons. The Morgan fingerprint density at radius 3 is 2.55 bits per heavy atom. The number of fused-ring (bicyclic) bond motifs is 5. The molecule has 0 spiro atoms. The Bertz CT molecular complexity index is 767. The van der Waals surface area contributed by atoms with E-state index in [2.05, 4.69) is 33.8 Å². The van der Waals surface area contributed by atoms with E-state index in [-0.39, 0.29) is 35.1 Å². The summed E-state index contributed by atoms with van der Waals surface area (Å²) in [5, 5.41) is 0. The van der Waals surface area contributed by atoms with E-state index in [1.807, 2.05) is 0 Å². The Kier molecular flexibility index (Phi) is 5.07. The van der Waals surface area contributed by atoms with Gasteiger partial charge in [-0.3, -0.25) is 14.4 Å². The highest BCUT2D eigenvalue weighted by molar-refractivity contribution is 5.85. The molecule has 0 aromatic heterocycles. The fraction of sp³-hybridized carbons (Fsp3) is 0.800. The largest absolute Gasteiger partial charge is 0.458 e. The van der Waals surface area contributed by atoms with E-state index in [4.69, 9.17) is 4.74 Å². The van der Waals surface area contributed by atoms with Crippen molar-refractivity contribution in [2.24, 2.45) is 46.3 Å². The summed E-state index contributed by atoms with van der Waals surface area (Å²) in [4.78, 5) is 36.4. The summed E-state index contributed by atoms with van der Waals surface area (Å²) in [6, 6.07) is 0. The van der Waals surface area contributed by atoms with Gasteiger partial charge in [0, 0.05) is 25.7 Å². The summed E-state index contributed by atoms with van der Waals surface area (Å²) in [7, 11) is 0. The number of esters is 1. The molecule has 4 rings (SSSR count). The van der Waals surface area contributed by atoms with Crippen LogP contribution in [0.4, 0.5) is 0 Å². The summed E-state index contributed by atoms with van der Waals surface area (Å²) < 4.78 is 5.07. The van der Waals surface area contributed by atoms with Crippen molar-refractivity contribution in [1.29, 1.82) is 0 Å². The summed E-state index contributed by atoms with van der Waals surface area (Å²) in [5.41, 5.74) is 1.68. The smallest absolute Gasteiger partial charge is 0.303 e. The van der Waals surface area contributed by atoms with E-state index in [0.29, 0.717) is 41.8 Å². The van der Waals surface area contributed by atoms with E-state index in [1.54, 1.807) is 5.57 Å². The predicted octanol–water partition coefficient (Wildman–Crippen LogP) is 4.76. The first-order valence-electron chi connectivity index (χ1n) is 11.5. The van der Waals surface area contributed by atoms with Crippen LogP contribution in [0, 0.1) is 46.3 Å². The highest BCUT2D eigenvalue weighted by atomic mass is 16.5. The van der Waals surface area contributed by atoms with Gasteiger partial charge in [-0.25, -0.2) is 0 Å². The zero-order chi connectivity index (χ0) is 21.1. The van der Waals surface area contributed by atoms with Crippen molar-refractivity contribution in [1.82, 2.24) is 0 Å². The monoisotopic (exact) mass is 400 g/mol. The Labute approximate surface area is 174 Å². The van der Waals surface area contributed by atoms with E-state index >= 15 is 0 Å². The third kappa shape index (κ3) is 3.13. The van der Waals surface area contributed by atoms with Crippen molar-refractivity contribution in [3.8, 4) is 0 Å². The standard InChI is InChI=1S/C25H36O4/c1-14-10-18-19(24(4)8-6-17(27)12-20(14)24)7-9-25(5)21(18)11-15(2)23(25)22(28)13-29-16(3)26/h7,14-15,18,20-21,23H,6,8-13H2,1-5H3/t14-,15+,18?,20?,21?,23+,24-,25-/m0/s1. The normalized spacial score (nSPS) is 46.2. The predicted molar refractivity (Wildman–Crippen MR) is 111 cm³/mol. The molecule has 0 aromatic rings. The van der Waals surface area contributed by atoms with Gasteiger partial charge < -0.3 is 4.74 Å². The highest BCUT2D eigenvalue weighted by Crippen LogP contribution is 2.67. The van der Waals surface area contributed by atoms with E-state index < -0.39 is 0 Å². The molecule has 0 N–H and O–H groups in total. The summed E-state index contributed by atoms with van der Waals surface area (Å²) in [5.74, 6) is 2.44. The highest BCUT2D eigenvalue weighted by Gasteiger charge is 2.61. The molecule has 0 aromatic carbocycles. The van der Waals surface area contributed by atoms with Gasteiger partial charge in [0.05, 0.1) is 0 Å². The van der Waals surface area contributed by atoms with Crippen molar-refractivity contribution in [3.63, 3.8) is 0 Å². The fourth-order valence-corrected chi connectivity index (χ4v) is 8.09. The zero-order valence-corrected chi connectivity index (χ0v) is 18.6. The number of carbonyl (C=O) groups is 3. The maximum absolute atomic E-state index is 13.0. The molecule has 0 saturated heterocycles. The molecule has 4 nitrogen and oxygen atoms in total. The molecule has 3 unspecified atom stereocenters. The first-order valence-corrected chi connectivity index (χ1v) is 11.5. The van der Waals surface area contributed by atoms with Crippen molar-refractivity contribution in [2.75, 3.05) is 6.61 Å². The van der Waals surface area contributed by atoms with Crippen molar-refractivity contribution >= 4 is 17.5 Å². The molecule has 0 amide bonds. The zero-order valence-electron chi connectivity index (χ0n) is 18.6. The first-order chi connectivity index (χ1) is 13.6. The second-order valence-electron chi connectivity index (χ2n) is 11.0. The van der Waals surface area contributed by atoms with E-state index in [9.17, 15) is 14.4 Å². The first kappa shape index (κ1) is 20.8. The van der Waals surface area contributed by atoms with E-state index in [0.717, 1.165) is 32.1 Å².